The van der Waals surface area contributed by atoms with Gasteiger partial charge in [0, 0.05) is 23.3 Å². The van der Waals surface area contributed by atoms with Crippen LogP contribution in [0.15, 0.2) is 54.9 Å². The number of rotatable bonds is 4. The molecule has 7 heteroatoms. The van der Waals surface area contributed by atoms with Crippen molar-refractivity contribution in [1.29, 1.82) is 0 Å². The smallest absolute Gasteiger partial charge is 0.230 e. The molecule has 1 aromatic carbocycles. The van der Waals surface area contributed by atoms with E-state index in [1.165, 1.54) is 11.3 Å². The predicted octanol–water partition coefficient (Wildman–Crippen LogP) is 3.26. The highest BCUT2D eigenvalue weighted by atomic mass is 32.1. The molecule has 0 saturated heterocycles. The van der Waals surface area contributed by atoms with E-state index in [4.69, 9.17) is 0 Å². The number of fused-ring (bicyclic) bond motifs is 1. The maximum Gasteiger partial charge on any atom is 0.230 e. The molecule has 3 aromatic heterocycles. The molecule has 4 rings (SSSR count). The number of pyridine rings is 1. The first kappa shape index (κ1) is 14.5. The molecule has 1 amide bonds. The van der Waals surface area contributed by atoms with E-state index >= 15 is 0 Å². The highest BCUT2D eigenvalue weighted by molar-refractivity contribution is 7.18. The van der Waals surface area contributed by atoms with Crippen molar-refractivity contribution in [3.8, 4) is 10.6 Å². The number of nitrogens with zero attached hydrogens (tertiary/aromatic N) is 3. The monoisotopic (exact) mass is 335 g/mol. The van der Waals surface area contributed by atoms with Gasteiger partial charge in [-0.1, -0.05) is 41.7 Å². The van der Waals surface area contributed by atoms with Gasteiger partial charge in [-0.2, -0.15) is 0 Å². The number of carbonyl (C=O) groups excluding carboxylic acids is 1. The van der Waals surface area contributed by atoms with Crippen LogP contribution in [0.2, 0.25) is 0 Å². The molecule has 3 heterocycles. The summed E-state index contributed by atoms with van der Waals surface area (Å²) < 4.78 is 0. The highest BCUT2D eigenvalue weighted by Gasteiger charge is 2.13. The van der Waals surface area contributed by atoms with Gasteiger partial charge in [-0.3, -0.25) is 4.79 Å². The Balaban J connectivity index is 1.52. The number of benzene rings is 1. The maximum atomic E-state index is 12.1. The fourth-order valence-corrected chi connectivity index (χ4v) is 3.25. The van der Waals surface area contributed by atoms with E-state index in [9.17, 15) is 4.79 Å². The van der Waals surface area contributed by atoms with E-state index in [1.807, 2.05) is 48.7 Å². The average molecular weight is 335 g/mol. The zero-order valence-corrected chi connectivity index (χ0v) is 13.4. The second-order valence-electron chi connectivity index (χ2n) is 5.22. The van der Waals surface area contributed by atoms with Gasteiger partial charge in [-0.05, 0) is 17.7 Å². The lowest BCUT2D eigenvalue weighted by molar-refractivity contribution is -0.115. The third-order valence-corrected chi connectivity index (χ3v) is 4.43. The fraction of sp³-hybridized carbons (Fsp3) is 0.0588. The second-order valence-corrected chi connectivity index (χ2v) is 6.20. The minimum absolute atomic E-state index is 0.107. The van der Waals surface area contributed by atoms with Crippen molar-refractivity contribution in [3.63, 3.8) is 0 Å². The minimum Gasteiger partial charge on any atom is -0.345 e. The summed E-state index contributed by atoms with van der Waals surface area (Å²) in [4.78, 5) is 19.5. The molecule has 4 aromatic rings. The van der Waals surface area contributed by atoms with E-state index in [0.717, 1.165) is 27.2 Å². The molecule has 0 saturated carbocycles. The number of nitrogens with one attached hydrogen (secondary N) is 2. The number of anilines is 1. The van der Waals surface area contributed by atoms with Crippen molar-refractivity contribution in [2.24, 2.45) is 0 Å². The summed E-state index contributed by atoms with van der Waals surface area (Å²) in [5.41, 5.74) is 2.69. The summed E-state index contributed by atoms with van der Waals surface area (Å²) >= 11 is 1.34. The Bertz CT molecular complexity index is 992. The first-order chi connectivity index (χ1) is 11.8. The average Bonchev–Trinajstić information content (AvgIpc) is 3.22. The summed E-state index contributed by atoms with van der Waals surface area (Å²) in [5, 5.41) is 13.3. The number of hydrogen-bond acceptors (Lipinski definition) is 5. The largest absolute Gasteiger partial charge is 0.345 e. The van der Waals surface area contributed by atoms with Gasteiger partial charge in [0.05, 0.1) is 6.42 Å². The van der Waals surface area contributed by atoms with Crippen molar-refractivity contribution >= 4 is 33.4 Å². The normalized spacial score (nSPS) is 10.8. The van der Waals surface area contributed by atoms with Crippen molar-refractivity contribution < 1.29 is 4.79 Å². The van der Waals surface area contributed by atoms with Gasteiger partial charge in [0.2, 0.25) is 11.0 Å². The molecule has 0 fully saturated rings. The summed E-state index contributed by atoms with van der Waals surface area (Å²) in [6, 6.07) is 13.4. The molecule has 0 unspecified atom stereocenters. The Morgan fingerprint density at radius 3 is 2.88 bits per heavy atom. The van der Waals surface area contributed by atoms with Crippen LogP contribution in [0, 0.1) is 0 Å². The Kier molecular flexibility index (Phi) is 3.76. The van der Waals surface area contributed by atoms with Crippen molar-refractivity contribution in [1.82, 2.24) is 20.2 Å². The minimum atomic E-state index is -0.107. The van der Waals surface area contributed by atoms with Gasteiger partial charge in [0.15, 0.2) is 5.01 Å². The molecule has 0 aliphatic heterocycles. The van der Waals surface area contributed by atoms with E-state index < -0.39 is 0 Å². The molecule has 118 valence electrons. The molecule has 2 N–H and O–H groups in total. The van der Waals surface area contributed by atoms with Crippen LogP contribution >= 0.6 is 11.3 Å². The maximum absolute atomic E-state index is 12.1. The standard InChI is InChI=1S/C17H13N5OS/c23-14(9-11-5-2-1-3-6-11)20-17-22-21-16(24-17)13-10-19-15-12(13)7-4-8-18-15/h1-8,10H,9H2,(H,18,19)(H,20,22,23). The molecule has 6 nitrogen and oxygen atoms in total. The van der Waals surface area contributed by atoms with E-state index in [2.05, 4.69) is 25.5 Å². The Labute approximate surface area is 141 Å². The summed E-state index contributed by atoms with van der Waals surface area (Å²) in [6.45, 7) is 0. The first-order valence-electron chi connectivity index (χ1n) is 7.39. The van der Waals surface area contributed by atoms with Gasteiger partial charge in [0.1, 0.15) is 5.65 Å². The number of aromatic amines is 1. The summed E-state index contributed by atoms with van der Waals surface area (Å²) in [7, 11) is 0. The van der Waals surface area contributed by atoms with E-state index in [0.29, 0.717) is 11.6 Å². The number of carbonyl (C=O) groups is 1. The number of hydrogen-bond donors (Lipinski definition) is 2. The number of aromatic nitrogens is 4. The van der Waals surface area contributed by atoms with Crippen LogP contribution in [-0.4, -0.2) is 26.1 Å². The lowest BCUT2D eigenvalue weighted by Gasteiger charge is -2.00. The van der Waals surface area contributed by atoms with Crippen LogP contribution in [0.1, 0.15) is 5.56 Å². The first-order valence-corrected chi connectivity index (χ1v) is 8.21. The molecule has 24 heavy (non-hydrogen) atoms. The van der Waals surface area contributed by atoms with Crippen molar-refractivity contribution in [3.05, 3.63) is 60.4 Å². The zero-order valence-electron chi connectivity index (χ0n) is 12.6. The summed E-state index contributed by atoms with van der Waals surface area (Å²) in [6.07, 6.45) is 3.90. The third-order valence-electron chi connectivity index (χ3n) is 3.56. The molecule has 0 aliphatic carbocycles. The molecular formula is C17H13N5OS. The molecular weight excluding hydrogens is 322 g/mol. The second kappa shape index (κ2) is 6.21. The lowest BCUT2D eigenvalue weighted by atomic mass is 10.1. The Hall–Kier alpha value is -3.06. The van der Waals surface area contributed by atoms with E-state index in [1.54, 1.807) is 6.20 Å². The van der Waals surface area contributed by atoms with Gasteiger partial charge < -0.3 is 10.3 Å². The lowest BCUT2D eigenvalue weighted by Crippen LogP contribution is -2.14. The third kappa shape index (κ3) is 2.89. The highest BCUT2D eigenvalue weighted by Crippen LogP contribution is 2.31. The van der Waals surface area contributed by atoms with Crippen LogP contribution in [0.5, 0.6) is 0 Å². The van der Waals surface area contributed by atoms with Crippen LogP contribution in [-0.2, 0) is 11.2 Å². The van der Waals surface area contributed by atoms with Gasteiger partial charge in [-0.25, -0.2) is 4.98 Å². The Morgan fingerprint density at radius 2 is 2.00 bits per heavy atom. The van der Waals surface area contributed by atoms with Crippen molar-refractivity contribution in [2.45, 2.75) is 6.42 Å². The molecule has 0 atom stereocenters. The predicted molar refractivity (Wildman–Crippen MR) is 93.8 cm³/mol. The van der Waals surface area contributed by atoms with Crippen LogP contribution in [0.3, 0.4) is 0 Å². The van der Waals surface area contributed by atoms with Crippen LogP contribution in [0.4, 0.5) is 5.13 Å². The Morgan fingerprint density at radius 1 is 1.12 bits per heavy atom. The number of amides is 1. The van der Waals surface area contributed by atoms with Crippen LogP contribution < -0.4 is 5.32 Å². The topological polar surface area (TPSA) is 83.6 Å². The summed E-state index contributed by atoms with van der Waals surface area (Å²) in [5.74, 6) is -0.107. The van der Waals surface area contributed by atoms with Gasteiger partial charge in [-0.15, -0.1) is 10.2 Å². The van der Waals surface area contributed by atoms with Crippen LogP contribution in [0.25, 0.3) is 21.6 Å². The quantitative estimate of drug-likeness (QED) is 0.599. The fourth-order valence-electron chi connectivity index (χ4n) is 2.46. The number of H-pyrrole nitrogens is 1. The SMILES string of the molecule is O=C(Cc1ccccc1)Nc1nnc(-c2c[nH]c3ncccc23)s1. The molecule has 0 spiro atoms. The molecule has 0 aliphatic rings. The molecule has 0 radical (unpaired) electrons. The van der Waals surface area contributed by atoms with Crippen molar-refractivity contribution in [2.75, 3.05) is 5.32 Å². The van der Waals surface area contributed by atoms with Gasteiger partial charge >= 0.3 is 0 Å². The van der Waals surface area contributed by atoms with Gasteiger partial charge in [0.25, 0.3) is 0 Å². The zero-order chi connectivity index (χ0) is 16.4. The molecule has 0 bridgehead atoms. The van der Waals surface area contributed by atoms with E-state index in [-0.39, 0.29) is 5.91 Å².